The largest absolute Gasteiger partial charge is 0.463 e. The summed E-state index contributed by atoms with van der Waals surface area (Å²) in [5.74, 6) is -0.524. The molecule has 0 spiro atoms. The van der Waals surface area contributed by atoms with Crippen LogP contribution in [-0.2, 0) is 19.6 Å². The lowest BCUT2D eigenvalue weighted by Crippen LogP contribution is -2.56. The molecule has 2 unspecified atom stereocenters. The number of carbonyl (C=O) groups excluding carboxylic acids is 2. The molecule has 2 aromatic carbocycles. The van der Waals surface area contributed by atoms with Gasteiger partial charge in [-0.2, -0.15) is 4.31 Å². The van der Waals surface area contributed by atoms with Crippen molar-refractivity contribution in [2.45, 2.75) is 37.8 Å². The number of esters is 1. The van der Waals surface area contributed by atoms with E-state index < -0.39 is 22.0 Å². The molecule has 1 fully saturated rings. The van der Waals surface area contributed by atoms with Gasteiger partial charge < -0.3 is 10.1 Å². The molecule has 0 bridgehead atoms. The molecule has 9 nitrogen and oxygen atoms in total. The molecule has 1 saturated heterocycles. The maximum absolute atomic E-state index is 13.3. The molecule has 2 aliphatic heterocycles. The molecule has 4 rings (SSSR count). The van der Waals surface area contributed by atoms with Crippen molar-refractivity contribution in [2.75, 3.05) is 39.3 Å². The smallest absolute Gasteiger partial charge is 0.338 e. The van der Waals surface area contributed by atoms with Gasteiger partial charge in [0, 0.05) is 49.5 Å². The lowest BCUT2D eigenvalue weighted by Gasteiger charge is -2.42. The summed E-state index contributed by atoms with van der Waals surface area (Å²) in [5.41, 5.74) is 1.46. The number of ether oxygens (including phenoxy) is 1. The molecule has 38 heavy (non-hydrogen) atoms. The summed E-state index contributed by atoms with van der Waals surface area (Å²) in [6.45, 7) is 7.39. The fraction of sp³-hybridized carbons (Fsp3) is 0.407. The van der Waals surface area contributed by atoms with Crippen LogP contribution < -0.4 is 5.32 Å². The summed E-state index contributed by atoms with van der Waals surface area (Å²) in [7, 11) is -3.64. The molecule has 11 heteroatoms. The maximum Gasteiger partial charge on any atom is 0.338 e. The third kappa shape index (κ3) is 5.58. The molecule has 2 atom stereocenters. The summed E-state index contributed by atoms with van der Waals surface area (Å²) in [4.78, 5) is 30.4. The van der Waals surface area contributed by atoms with Gasteiger partial charge in [0.05, 0.1) is 23.1 Å². The Kier molecular flexibility index (Phi) is 8.77. The van der Waals surface area contributed by atoms with Crippen LogP contribution in [0.3, 0.4) is 0 Å². The van der Waals surface area contributed by atoms with Gasteiger partial charge in [0.1, 0.15) is 0 Å². The van der Waals surface area contributed by atoms with E-state index in [2.05, 4.69) is 10.2 Å². The standard InChI is InChI=1S/C27H33ClN4O5S/c1-4-31-23(18-30-15-16-32(19(3)17-30)38(35,36)20-11-7-6-8-12-20)24(26(33)37-5-2)25(29-27(31)34)21-13-9-10-14-22(21)28/h6-14,19,25H,4-5,15-18H2,1-3H3,(H,29,34). The van der Waals surface area contributed by atoms with Crippen molar-refractivity contribution in [2.24, 2.45) is 0 Å². The number of nitrogens with zero attached hydrogens (tertiary/aromatic N) is 3. The van der Waals surface area contributed by atoms with Gasteiger partial charge in [-0.15, -0.1) is 0 Å². The van der Waals surface area contributed by atoms with E-state index in [1.165, 1.54) is 9.21 Å². The van der Waals surface area contributed by atoms with Crippen LogP contribution in [0.25, 0.3) is 0 Å². The minimum absolute atomic E-state index is 0.179. The van der Waals surface area contributed by atoms with Crippen molar-refractivity contribution < 1.29 is 22.7 Å². The average Bonchev–Trinajstić information content (AvgIpc) is 2.89. The number of carbonyl (C=O) groups is 2. The first kappa shape index (κ1) is 28.1. The predicted molar refractivity (Wildman–Crippen MR) is 145 cm³/mol. The Hall–Kier alpha value is -2.92. The molecule has 0 saturated carbocycles. The molecule has 0 aromatic heterocycles. The highest BCUT2D eigenvalue weighted by molar-refractivity contribution is 7.89. The number of amides is 2. The highest BCUT2D eigenvalue weighted by Gasteiger charge is 2.40. The lowest BCUT2D eigenvalue weighted by atomic mass is 9.94. The van der Waals surface area contributed by atoms with E-state index in [1.807, 2.05) is 13.8 Å². The Labute approximate surface area is 229 Å². The second kappa shape index (κ2) is 11.9. The zero-order valence-electron chi connectivity index (χ0n) is 21.8. The number of benzene rings is 2. The van der Waals surface area contributed by atoms with Gasteiger partial charge in [0.2, 0.25) is 10.0 Å². The number of likely N-dealkylation sites (N-methyl/N-ethyl adjacent to an activating group) is 1. The van der Waals surface area contributed by atoms with Crippen LogP contribution in [0.2, 0.25) is 5.02 Å². The molecule has 0 radical (unpaired) electrons. The fourth-order valence-electron chi connectivity index (χ4n) is 5.06. The fourth-order valence-corrected chi connectivity index (χ4v) is 6.94. The number of hydrogen-bond acceptors (Lipinski definition) is 6. The van der Waals surface area contributed by atoms with Crippen molar-refractivity contribution in [3.8, 4) is 0 Å². The highest BCUT2D eigenvalue weighted by Crippen LogP contribution is 2.35. The number of urea groups is 1. The first-order valence-electron chi connectivity index (χ1n) is 12.7. The second-order valence-corrected chi connectivity index (χ2v) is 11.5. The molecule has 204 valence electrons. The van der Waals surface area contributed by atoms with Crippen LogP contribution in [0.1, 0.15) is 32.4 Å². The van der Waals surface area contributed by atoms with Crippen LogP contribution in [0, 0.1) is 0 Å². The zero-order chi connectivity index (χ0) is 27.4. The summed E-state index contributed by atoms with van der Waals surface area (Å²) in [6, 6.07) is 14.1. The topological polar surface area (TPSA) is 99.3 Å². The second-order valence-electron chi connectivity index (χ2n) is 9.24. The van der Waals surface area contributed by atoms with Crippen molar-refractivity contribution in [3.05, 3.63) is 76.5 Å². The first-order chi connectivity index (χ1) is 18.2. The van der Waals surface area contributed by atoms with Crippen LogP contribution in [0.5, 0.6) is 0 Å². The Morgan fingerprint density at radius 1 is 1.08 bits per heavy atom. The van der Waals surface area contributed by atoms with Crippen molar-refractivity contribution in [3.63, 3.8) is 0 Å². The Balaban J connectivity index is 1.67. The van der Waals surface area contributed by atoms with Gasteiger partial charge in [-0.25, -0.2) is 18.0 Å². The summed E-state index contributed by atoms with van der Waals surface area (Å²) in [5, 5.41) is 3.35. The molecule has 2 aliphatic rings. The Morgan fingerprint density at radius 2 is 1.76 bits per heavy atom. The molecule has 0 aliphatic carbocycles. The SMILES string of the molecule is CCOC(=O)C1=C(CN2CCN(S(=O)(=O)c3ccccc3)C(C)C2)N(CC)C(=O)NC1c1ccccc1Cl. The van der Waals surface area contributed by atoms with Crippen molar-refractivity contribution in [1.82, 2.24) is 19.4 Å². The molecule has 2 amide bonds. The van der Waals surface area contributed by atoms with E-state index in [4.69, 9.17) is 16.3 Å². The third-order valence-corrected chi connectivity index (χ3v) is 9.21. The van der Waals surface area contributed by atoms with Gasteiger partial charge in [-0.3, -0.25) is 9.80 Å². The summed E-state index contributed by atoms with van der Waals surface area (Å²) < 4.78 is 33.4. The quantitative estimate of drug-likeness (QED) is 0.495. The number of halogens is 1. The predicted octanol–water partition coefficient (Wildman–Crippen LogP) is 3.64. The van der Waals surface area contributed by atoms with E-state index in [-0.39, 0.29) is 36.7 Å². The van der Waals surface area contributed by atoms with E-state index in [1.54, 1.807) is 61.5 Å². The number of nitrogens with one attached hydrogen (secondary N) is 1. The van der Waals surface area contributed by atoms with Gasteiger partial charge in [0.25, 0.3) is 0 Å². The van der Waals surface area contributed by atoms with Gasteiger partial charge in [-0.1, -0.05) is 48.0 Å². The molecular weight excluding hydrogens is 528 g/mol. The number of hydrogen-bond donors (Lipinski definition) is 1. The van der Waals surface area contributed by atoms with Crippen LogP contribution in [-0.4, -0.2) is 79.9 Å². The van der Waals surface area contributed by atoms with Crippen LogP contribution in [0.15, 0.2) is 70.8 Å². The third-order valence-electron chi connectivity index (χ3n) is 6.84. The highest BCUT2D eigenvalue weighted by atomic mass is 35.5. The number of rotatable bonds is 8. The van der Waals surface area contributed by atoms with E-state index in [9.17, 15) is 18.0 Å². The van der Waals surface area contributed by atoms with Crippen molar-refractivity contribution in [1.29, 1.82) is 0 Å². The van der Waals surface area contributed by atoms with Crippen LogP contribution >= 0.6 is 11.6 Å². The molecular formula is C27H33ClN4O5S. The lowest BCUT2D eigenvalue weighted by molar-refractivity contribution is -0.139. The Morgan fingerprint density at radius 3 is 2.39 bits per heavy atom. The average molecular weight is 561 g/mol. The Bertz CT molecular complexity index is 1320. The van der Waals surface area contributed by atoms with Gasteiger partial charge >= 0.3 is 12.0 Å². The normalized spacial score (nSPS) is 21.4. The van der Waals surface area contributed by atoms with Crippen LogP contribution in [0.4, 0.5) is 4.79 Å². The van der Waals surface area contributed by atoms with E-state index >= 15 is 0 Å². The minimum Gasteiger partial charge on any atom is -0.463 e. The van der Waals surface area contributed by atoms with Gasteiger partial charge in [-0.05, 0) is 44.5 Å². The monoisotopic (exact) mass is 560 g/mol. The molecule has 1 N–H and O–H groups in total. The van der Waals surface area contributed by atoms with E-state index in [0.717, 1.165) is 0 Å². The molecule has 2 heterocycles. The minimum atomic E-state index is -3.64. The maximum atomic E-state index is 13.3. The summed E-state index contributed by atoms with van der Waals surface area (Å²) in [6.07, 6.45) is 0. The van der Waals surface area contributed by atoms with E-state index in [0.29, 0.717) is 41.5 Å². The number of sulfonamides is 1. The summed E-state index contributed by atoms with van der Waals surface area (Å²) >= 11 is 6.48. The number of piperazine rings is 1. The van der Waals surface area contributed by atoms with Gasteiger partial charge in [0.15, 0.2) is 0 Å². The zero-order valence-corrected chi connectivity index (χ0v) is 23.3. The van der Waals surface area contributed by atoms with Crippen molar-refractivity contribution >= 4 is 33.6 Å². The first-order valence-corrected chi connectivity index (χ1v) is 14.5. The molecule has 2 aromatic rings.